The number of alkyl halides is 3. The average Bonchev–Trinajstić information content (AvgIpc) is 3.27. The number of benzene rings is 1. The van der Waals surface area contributed by atoms with E-state index in [0.717, 1.165) is 12.1 Å². The predicted octanol–water partition coefficient (Wildman–Crippen LogP) is 5.50. The topological polar surface area (TPSA) is 110 Å². The van der Waals surface area contributed by atoms with Gasteiger partial charge in [-0.15, -0.1) is 11.3 Å². The number of amides is 1. The minimum Gasteiger partial charge on any atom is -0.466 e. The van der Waals surface area contributed by atoms with Gasteiger partial charge < -0.3 is 14.0 Å². The average molecular weight is 536 g/mol. The van der Waals surface area contributed by atoms with E-state index in [1.54, 1.807) is 18.4 Å². The third-order valence-electron chi connectivity index (χ3n) is 5.67. The summed E-state index contributed by atoms with van der Waals surface area (Å²) in [5.74, 6) is -0.770. The molecule has 1 aliphatic rings. The van der Waals surface area contributed by atoms with Crippen molar-refractivity contribution >= 4 is 38.5 Å². The minimum absolute atomic E-state index is 0.0920. The number of esters is 1. The zero-order valence-corrected chi connectivity index (χ0v) is 20.3. The number of hydrogen-bond acceptors (Lipinski definition) is 7. The Morgan fingerprint density at radius 3 is 2.29 bits per heavy atom. The lowest BCUT2D eigenvalue weighted by atomic mass is 9.82. The van der Waals surface area contributed by atoms with Gasteiger partial charge in [0.25, 0.3) is 0 Å². The summed E-state index contributed by atoms with van der Waals surface area (Å²) in [6.45, 7) is 2.35. The molecule has 0 radical (unpaired) electrons. The van der Waals surface area contributed by atoms with Gasteiger partial charge in [-0.05, 0) is 67.9 Å². The van der Waals surface area contributed by atoms with Gasteiger partial charge in [0, 0.05) is 11.9 Å². The van der Waals surface area contributed by atoms with E-state index in [1.807, 2.05) is 0 Å². The van der Waals surface area contributed by atoms with Gasteiger partial charge in [-0.3, -0.25) is 9.69 Å². The van der Waals surface area contributed by atoms with Crippen LogP contribution in [0.25, 0.3) is 11.1 Å². The van der Waals surface area contributed by atoms with Crippen LogP contribution in [-0.2, 0) is 19.6 Å². The molecule has 0 unspecified atom stereocenters. The van der Waals surface area contributed by atoms with Crippen LogP contribution in [0.3, 0.4) is 0 Å². The molecule has 0 bridgehead atoms. The van der Waals surface area contributed by atoms with Crippen LogP contribution < -0.4 is 9.08 Å². The quantitative estimate of drug-likeness (QED) is 0.270. The van der Waals surface area contributed by atoms with E-state index in [4.69, 9.17) is 4.74 Å². The number of hydrogen-bond donors (Lipinski definition) is 1. The Morgan fingerprint density at radius 2 is 1.74 bits per heavy atom. The van der Waals surface area contributed by atoms with Gasteiger partial charge in [-0.2, -0.15) is 21.6 Å². The Balaban J connectivity index is 1.66. The molecule has 1 aromatic carbocycles. The van der Waals surface area contributed by atoms with Crippen molar-refractivity contribution in [1.82, 2.24) is 0 Å². The van der Waals surface area contributed by atoms with E-state index in [9.17, 15) is 36.3 Å². The zero-order valence-electron chi connectivity index (χ0n) is 18.7. The molecule has 1 heterocycles. The standard InChI is InChI=1S/C22H24F3NO7S2/c1-2-32-20(27)16-5-3-14(4-6-16)12-26(21(28)29)19-11-17(13-34-19)15-7-9-18(10-8-15)33-35(30,31)22(23,24)25/h7-11,13-14,16H,2-6,12H2,1H3,(H,28,29). The van der Waals surface area contributed by atoms with Crippen LogP contribution in [0.5, 0.6) is 5.75 Å². The SMILES string of the molecule is CCOC(=O)C1CCC(CN(C(=O)O)c2cc(-c3ccc(OS(=O)(=O)C(F)(F)F)cc3)cs2)CC1. The summed E-state index contributed by atoms with van der Waals surface area (Å²) in [7, 11) is -5.77. The van der Waals surface area contributed by atoms with Crippen LogP contribution in [-0.4, -0.2) is 44.2 Å². The third-order valence-corrected chi connectivity index (χ3v) is 7.60. The summed E-state index contributed by atoms with van der Waals surface area (Å²) in [6, 6.07) is 6.59. The Morgan fingerprint density at radius 1 is 1.11 bits per heavy atom. The molecule has 8 nitrogen and oxygen atoms in total. The minimum atomic E-state index is -5.77. The molecule has 1 N–H and O–H groups in total. The van der Waals surface area contributed by atoms with Crippen molar-refractivity contribution in [1.29, 1.82) is 0 Å². The number of nitrogens with zero attached hydrogens (tertiary/aromatic N) is 1. The van der Waals surface area contributed by atoms with E-state index in [-0.39, 0.29) is 24.3 Å². The first-order valence-electron chi connectivity index (χ1n) is 10.8. The molecule has 13 heteroatoms. The predicted molar refractivity (Wildman–Crippen MR) is 123 cm³/mol. The van der Waals surface area contributed by atoms with E-state index < -0.39 is 27.5 Å². The summed E-state index contributed by atoms with van der Waals surface area (Å²) in [4.78, 5) is 25.1. The van der Waals surface area contributed by atoms with Gasteiger partial charge in [0.1, 0.15) is 10.8 Å². The molecule has 1 aliphatic carbocycles. The Labute approximate surface area is 204 Å². The number of carboxylic acid groups (broad SMARTS) is 1. The molecule has 2 aromatic rings. The zero-order chi connectivity index (χ0) is 25.8. The van der Waals surface area contributed by atoms with E-state index in [0.29, 0.717) is 48.4 Å². The first kappa shape index (κ1) is 26.8. The summed E-state index contributed by atoms with van der Waals surface area (Å²) < 4.78 is 68.8. The lowest BCUT2D eigenvalue weighted by molar-refractivity contribution is -0.149. The summed E-state index contributed by atoms with van der Waals surface area (Å²) >= 11 is 1.19. The third kappa shape index (κ3) is 6.66. The fourth-order valence-corrected chi connectivity index (χ4v) is 5.24. The number of carbonyl (C=O) groups is 2. The normalized spacial score (nSPS) is 18.6. The molecule has 0 saturated heterocycles. The van der Waals surface area contributed by atoms with Crippen LogP contribution in [0.15, 0.2) is 35.7 Å². The number of ether oxygens (including phenoxy) is 1. The van der Waals surface area contributed by atoms with Crippen molar-refractivity contribution in [2.45, 2.75) is 38.1 Å². The molecule has 1 saturated carbocycles. The maximum Gasteiger partial charge on any atom is 0.534 e. The number of anilines is 1. The highest BCUT2D eigenvalue weighted by Gasteiger charge is 2.48. The van der Waals surface area contributed by atoms with Gasteiger partial charge in [0.05, 0.1) is 12.5 Å². The van der Waals surface area contributed by atoms with Crippen molar-refractivity contribution in [3.63, 3.8) is 0 Å². The van der Waals surface area contributed by atoms with Gasteiger partial charge >= 0.3 is 27.7 Å². The van der Waals surface area contributed by atoms with Gasteiger partial charge in [-0.25, -0.2) is 4.79 Å². The lowest BCUT2D eigenvalue weighted by Gasteiger charge is -2.30. The summed E-state index contributed by atoms with van der Waals surface area (Å²) in [5.41, 5.74) is -4.37. The molecular weight excluding hydrogens is 511 g/mol. The van der Waals surface area contributed by atoms with Crippen molar-refractivity contribution in [2.24, 2.45) is 11.8 Å². The maximum atomic E-state index is 12.5. The maximum absolute atomic E-state index is 12.5. The number of rotatable bonds is 8. The van der Waals surface area contributed by atoms with Crippen LogP contribution in [0, 0.1) is 11.8 Å². The Kier molecular flexibility index (Phi) is 8.31. The van der Waals surface area contributed by atoms with Crippen LogP contribution in [0.2, 0.25) is 0 Å². The number of halogens is 3. The largest absolute Gasteiger partial charge is 0.534 e. The molecule has 3 rings (SSSR count). The van der Waals surface area contributed by atoms with Crippen molar-refractivity contribution in [3.05, 3.63) is 35.7 Å². The van der Waals surface area contributed by atoms with Crippen LogP contribution in [0.1, 0.15) is 32.6 Å². The summed E-state index contributed by atoms with van der Waals surface area (Å²) in [5, 5.41) is 11.9. The van der Waals surface area contributed by atoms with E-state index in [1.165, 1.54) is 28.4 Å². The van der Waals surface area contributed by atoms with Crippen LogP contribution in [0.4, 0.5) is 23.0 Å². The number of carbonyl (C=O) groups excluding carboxylic acids is 1. The molecule has 1 amide bonds. The smallest absolute Gasteiger partial charge is 0.466 e. The fraction of sp³-hybridized carbons (Fsp3) is 0.455. The second kappa shape index (κ2) is 10.9. The molecule has 35 heavy (non-hydrogen) atoms. The van der Waals surface area contributed by atoms with Crippen molar-refractivity contribution < 1.29 is 45.2 Å². The molecule has 0 aliphatic heterocycles. The van der Waals surface area contributed by atoms with Crippen molar-refractivity contribution in [2.75, 3.05) is 18.1 Å². The first-order valence-corrected chi connectivity index (χ1v) is 13.1. The van der Waals surface area contributed by atoms with E-state index >= 15 is 0 Å². The highest BCUT2D eigenvalue weighted by molar-refractivity contribution is 7.88. The fourth-order valence-electron chi connectivity index (χ4n) is 3.86. The van der Waals surface area contributed by atoms with Gasteiger partial charge in [-0.1, -0.05) is 12.1 Å². The highest BCUT2D eigenvalue weighted by Crippen LogP contribution is 2.36. The highest BCUT2D eigenvalue weighted by atomic mass is 32.2. The Bertz CT molecular complexity index is 1140. The Hall–Kier alpha value is -2.80. The first-order chi connectivity index (χ1) is 16.4. The van der Waals surface area contributed by atoms with Gasteiger partial charge in [0.15, 0.2) is 0 Å². The molecule has 0 atom stereocenters. The molecular formula is C22H24F3NO7S2. The summed E-state index contributed by atoms with van der Waals surface area (Å²) in [6.07, 6.45) is 1.57. The molecule has 192 valence electrons. The monoisotopic (exact) mass is 535 g/mol. The second-order valence-electron chi connectivity index (χ2n) is 8.04. The van der Waals surface area contributed by atoms with Crippen molar-refractivity contribution in [3.8, 4) is 16.9 Å². The lowest BCUT2D eigenvalue weighted by Crippen LogP contribution is -2.36. The molecule has 0 spiro atoms. The molecule has 1 fully saturated rings. The number of thiophene rings is 1. The second-order valence-corrected chi connectivity index (χ2v) is 10.5. The van der Waals surface area contributed by atoms with E-state index in [2.05, 4.69) is 4.18 Å². The molecule has 1 aromatic heterocycles. The van der Waals surface area contributed by atoms with Gasteiger partial charge in [0.2, 0.25) is 0 Å². The van der Waals surface area contributed by atoms with Crippen LogP contribution >= 0.6 is 11.3 Å².